The lowest BCUT2D eigenvalue weighted by atomic mass is 10.0. The first-order chi connectivity index (χ1) is 6.76. The van der Waals surface area contributed by atoms with E-state index in [0.717, 1.165) is 12.0 Å². The maximum Gasteiger partial charge on any atom is 0.340 e. The quantitative estimate of drug-likeness (QED) is 0.631. The van der Waals surface area contributed by atoms with Crippen molar-refractivity contribution in [1.82, 2.24) is 0 Å². The Bertz CT molecular complexity index is 431. The molecule has 2 rings (SSSR count). The normalized spacial score (nSPS) is 18.6. The minimum atomic E-state index is -0.719. The summed E-state index contributed by atoms with van der Waals surface area (Å²) >= 11 is 0. The average molecular weight is 187 g/mol. The number of cyclic esters (lactones) is 1. The van der Waals surface area contributed by atoms with Gasteiger partial charge in [0.15, 0.2) is 0 Å². The van der Waals surface area contributed by atoms with E-state index in [1.54, 1.807) is 6.07 Å². The molecule has 3 nitrogen and oxygen atoms in total. The number of carbonyl (C=O) groups excluding carboxylic acids is 1. The van der Waals surface area contributed by atoms with E-state index in [4.69, 9.17) is 10.00 Å². The fourth-order valence-electron chi connectivity index (χ4n) is 1.56. The summed E-state index contributed by atoms with van der Waals surface area (Å²) in [6.07, 6.45) is 0.170. The molecule has 1 aromatic rings. The van der Waals surface area contributed by atoms with Crippen LogP contribution in [0.3, 0.4) is 0 Å². The van der Waals surface area contributed by atoms with Crippen LogP contribution in [0, 0.1) is 11.3 Å². The maximum absolute atomic E-state index is 11.3. The molecule has 3 heteroatoms. The molecule has 0 bridgehead atoms. The first-order valence-corrected chi connectivity index (χ1v) is 4.49. The van der Waals surface area contributed by atoms with Crippen molar-refractivity contribution < 1.29 is 9.53 Å². The maximum atomic E-state index is 11.3. The van der Waals surface area contributed by atoms with Crippen LogP contribution in [0.4, 0.5) is 0 Å². The Labute approximate surface area is 81.9 Å². The number of rotatable bonds is 1. The van der Waals surface area contributed by atoms with Gasteiger partial charge in [-0.1, -0.05) is 19.1 Å². The van der Waals surface area contributed by atoms with E-state index < -0.39 is 12.1 Å². The minimum Gasteiger partial charge on any atom is -0.438 e. The van der Waals surface area contributed by atoms with E-state index in [-0.39, 0.29) is 0 Å². The first kappa shape index (κ1) is 8.76. The van der Waals surface area contributed by atoms with Crippen LogP contribution in [-0.4, -0.2) is 5.97 Å². The second kappa shape index (κ2) is 3.15. The summed E-state index contributed by atoms with van der Waals surface area (Å²) in [7, 11) is 0. The van der Waals surface area contributed by atoms with E-state index in [9.17, 15) is 4.79 Å². The van der Waals surface area contributed by atoms with E-state index in [0.29, 0.717) is 11.1 Å². The number of nitrogens with zero attached hydrogens (tertiary/aromatic N) is 1. The van der Waals surface area contributed by atoms with Gasteiger partial charge in [-0.3, -0.25) is 0 Å². The fraction of sp³-hybridized carbons (Fsp3) is 0.273. The number of carbonyl (C=O) groups is 1. The van der Waals surface area contributed by atoms with Crippen LogP contribution < -0.4 is 0 Å². The van der Waals surface area contributed by atoms with Gasteiger partial charge >= 0.3 is 5.97 Å². The number of ether oxygens (including phenoxy) is 1. The molecule has 1 atom stereocenters. The van der Waals surface area contributed by atoms with Gasteiger partial charge in [-0.2, -0.15) is 5.26 Å². The molecule has 0 aliphatic carbocycles. The van der Waals surface area contributed by atoms with Gasteiger partial charge in [0.2, 0.25) is 6.10 Å². The second-order valence-electron chi connectivity index (χ2n) is 3.19. The molecule has 1 aromatic carbocycles. The highest BCUT2D eigenvalue weighted by Crippen LogP contribution is 2.30. The molecule has 70 valence electrons. The van der Waals surface area contributed by atoms with Gasteiger partial charge in [-0.15, -0.1) is 0 Å². The van der Waals surface area contributed by atoms with Crippen LogP contribution in [-0.2, 0) is 11.2 Å². The lowest BCUT2D eigenvalue weighted by Crippen LogP contribution is -1.95. The third-order valence-corrected chi connectivity index (χ3v) is 2.37. The predicted molar refractivity (Wildman–Crippen MR) is 49.6 cm³/mol. The molecule has 0 radical (unpaired) electrons. The molecule has 0 fully saturated rings. The molecular weight excluding hydrogens is 178 g/mol. The van der Waals surface area contributed by atoms with Gasteiger partial charge in [0, 0.05) is 5.56 Å². The Kier molecular flexibility index (Phi) is 1.97. The van der Waals surface area contributed by atoms with Crippen molar-refractivity contribution in [2.45, 2.75) is 19.4 Å². The summed E-state index contributed by atoms with van der Waals surface area (Å²) in [6.45, 7) is 2.03. The molecule has 0 saturated heterocycles. The summed E-state index contributed by atoms with van der Waals surface area (Å²) in [5.74, 6) is -0.394. The van der Waals surface area contributed by atoms with Crippen molar-refractivity contribution >= 4 is 5.97 Å². The molecule has 0 amide bonds. The lowest BCUT2D eigenvalue weighted by molar-refractivity contribution is 0.0478. The number of esters is 1. The number of hydrogen-bond acceptors (Lipinski definition) is 3. The van der Waals surface area contributed by atoms with Crippen LogP contribution in [0.25, 0.3) is 0 Å². The molecule has 1 unspecified atom stereocenters. The Balaban J connectivity index is 2.54. The van der Waals surface area contributed by atoms with Crippen molar-refractivity contribution in [3.05, 3.63) is 34.9 Å². The SMILES string of the molecule is CCc1ccc2c(c1)C(C#N)OC2=O. The smallest absolute Gasteiger partial charge is 0.340 e. The molecule has 1 aliphatic heterocycles. The highest BCUT2D eigenvalue weighted by molar-refractivity contribution is 5.94. The molecule has 0 saturated carbocycles. The van der Waals surface area contributed by atoms with E-state index >= 15 is 0 Å². The van der Waals surface area contributed by atoms with Gasteiger partial charge in [0.1, 0.15) is 6.07 Å². The zero-order valence-corrected chi connectivity index (χ0v) is 7.78. The van der Waals surface area contributed by atoms with E-state index in [1.807, 2.05) is 25.1 Å². The number of fused-ring (bicyclic) bond motifs is 1. The van der Waals surface area contributed by atoms with Gasteiger partial charge < -0.3 is 4.74 Å². The third-order valence-electron chi connectivity index (χ3n) is 2.37. The van der Waals surface area contributed by atoms with Crippen LogP contribution in [0.5, 0.6) is 0 Å². The van der Waals surface area contributed by atoms with Gasteiger partial charge in [0.25, 0.3) is 0 Å². The third kappa shape index (κ3) is 1.16. The molecule has 0 N–H and O–H groups in total. The summed E-state index contributed by atoms with van der Waals surface area (Å²) in [5, 5.41) is 8.77. The van der Waals surface area contributed by atoms with Crippen molar-refractivity contribution in [2.75, 3.05) is 0 Å². The molecule has 0 aromatic heterocycles. The molecular formula is C11H9NO2. The van der Waals surface area contributed by atoms with E-state index in [1.165, 1.54) is 0 Å². The number of aryl methyl sites for hydroxylation is 1. The monoisotopic (exact) mass is 187 g/mol. The molecule has 1 heterocycles. The van der Waals surface area contributed by atoms with Crippen molar-refractivity contribution in [3.63, 3.8) is 0 Å². The highest BCUT2D eigenvalue weighted by Gasteiger charge is 2.30. The summed E-state index contributed by atoms with van der Waals surface area (Å²) in [4.78, 5) is 11.3. The number of hydrogen-bond donors (Lipinski definition) is 0. The fourth-order valence-corrected chi connectivity index (χ4v) is 1.56. The lowest BCUT2D eigenvalue weighted by Gasteiger charge is -2.01. The molecule has 0 spiro atoms. The molecule has 14 heavy (non-hydrogen) atoms. The Hall–Kier alpha value is -1.82. The van der Waals surface area contributed by atoms with Crippen molar-refractivity contribution in [1.29, 1.82) is 5.26 Å². The van der Waals surface area contributed by atoms with Gasteiger partial charge in [-0.25, -0.2) is 4.79 Å². The van der Waals surface area contributed by atoms with Crippen molar-refractivity contribution in [2.24, 2.45) is 0 Å². The second-order valence-corrected chi connectivity index (χ2v) is 3.19. The summed E-state index contributed by atoms with van der Waals surface area (Å²) in [5.41, 5.74) is 2.34. The minimum absolute atomic E-state index is 0.394. The summed E-state index contributed by atoms with van der Waals surface area (Å²) in [6, 6.07) is 7.45. The Morgan fingerprint density at radius 3 is 3.00 bits per heavy atom. The highest BCUT2D eigenvalue weighted by atomic mass is 16.5. The van der Waals surface area contributed by atoms with Crippen LogP contribution in [0.2, 0.25) is 0 Å². The summed E-state index contributed by atoms with van der Waals surface area (Å²) < 4.78 is 4.88. The number of benzene rings is 1. The van der Waals surface area contributed by atoms with E-state index in [2.05, 4.69) is 0 Å². The first-order valence-electron chi connectivity index (χ1n) is 4.49. The zero-order valence-electron chi connectivity index (χ0n) is 7.78. The van der Waals surface area contributed by atoms with Crippen molar-refractivity contribution in [3.8, 4) is 6.07 Å². The zero-order chi connectivity index (χ0) is 10.1. The Morgan fingerprint density at radius 2 is 2.36 bits per heavy atom. The average Bonchev–Trinajstić information content (AvgIpc) is 2.55. The van der Waals surface area contributed by atoms with Crippen LogP contribution in [0.15, 0.2) is 18.2 Å². The van der Waals surface area contributed by atoms with Crippen LogP contribution >= 0.6 is 0 Å². The van der Waals surface area contributed by atoms with Gasteiger partial charge in [0.05, 0.1) is 5.56 Å². The topological polar surface area (TPSA) is 50.1 Å². The van der Waals surface area contributed by atoms with Crippen LogP contribution in [0.1, 0.15) is 34.5 Å². The molecule has 1 aliphatic rings. The largest absolute Gasteiger partial charge is 0.438 e. The Morgan fingerprint density at radius 1 is 1.57 bits per heavy atom. The number of nitriles is 1. The predicted octanol–water partition coefficient (Wildman–Crippen LogP) is 1.98. The standard InChI is InChI=1S/C11H9NO2/c1-2-7-3-4-8-9(5-7)10(6-12)14-11(8)13/h3-5,10H,2H2,1H3. The van der Waals surface area contributed by atoms with Gasteiger partial charge in [-0.05, 0) is 18.1 Å².